The van der Waals surface area contributed by atoms with Gasteiger partial charge in [-0.2, -0.15) is 18.2 Å². The SMILES string of the molecule is CNc1nc(Nc2ccc(C(=O)N3CCOC(C)(C)C3)cc2OC)ncc1C(F)(F)F. The summed E-state index contributed by atoms with van der Waals surface area (Å²) < 4.78 is 50.1. The second-order valence-electron chi connectivity index (χ2n) is 7.58. The van der Waals surface area contributed by atoms with Gasteiger partial charge in [0.25, 0.3) is 5.91 Å². The van der Waals surface area contributed by atoms with Gasteiger partial charge in [-0.15, -0.1) is 0 Å². The molecule has 0 spiro atoms. The molecule has 8 nitrogen and oxygen atoms in total. The van der Waals surface area contributed by atoms with E-state index >= 15 is 0 Å². The minimum absolute atomic E-state index is 0.0512. The largest absolute Gasteiger partial charge is 0.495 e. The van der Waals surface area contributed by atoms with Gasteiger partial charge in [-0.1, -0.05) is 0 Å². The Morgan fingerprint density at radius 2 is 2.06 bits per heavy atom. The summed E-state index contributed by atoms with van der Waals surface area (Å²) in [7, 11) is 2.77. The highest BCUT2D eigenvalue weighted by molar-refractivity contribution is 5.95. The molecule has 3 rings (SSSR count). The van der Waals surface area contributed by atoms with Crippen molar-refractivity contribution in [1.29, 1.82) is 0 Å². The van der Waals surface area contributed by atoms with Crippen LogP contribution in [0.2, 0.25) is 0 Å². The highest BCUT2D eigenvalue weighted by Gasteiger charge is 2.35. The number of aromatic nitrogens is 2. The quantitative estimate of drug-likeness (QED) is 0.737. The molecular weight excluding hydrogens is 415 g/mol. The molecule has 1 amide bonds. The summed E-state index contributed by atoms with van der Waals surface area (Å²) in [6, 6.07) is 4.77. The number of morpholine rings is 1. The minimum Gasteiger partial charge on any atom is -0.495 e. The summed E-state index contributed by atoms with van der Waals surface area (Å²) >= 11 is 0. The third-order valence-electron chi connectivity index (χ3n) is 4.74. The van der Waals surface area contributed by atoms with Gasteiger partial charge in [0.15, 0.2) is 0 Å². The summed E-state index contributed by atoms with van der Waals surface area (Å²) in [5, 5.41) is 5.26. The molecule has 0 unspecified atom stereocenters. The van der Waals surface area contributed by atoms with Crippen LogP contribution in [0.4, 0.5) is 30.6 Å². The molecule has 1 aliphatic heterocycles. The lowest BCUT2D eigenvalue weighted by Crippen LogP contribution is -2.50. The van der Waals surface area contributed by atoms with Crippen molar-refractivity contribution >= 4 is 23.4 Å². The lowest BCUT2D eigenvalue weighted by atomic mass is 10.1. The van der Waals surface area contributed by atoms with Gasteiger partial charge in [0.1, 0.15) is 17.1 Å². The van der Waals surface area contributed by atoms with Crippen LogP contribution in [0.15, 0.2) is 24.4 Å². The molecule has 2 heterocycles. The number of halogens is 3. The molecule has 31 heavy (non-hydrogen) atoms. The van der Waals surface area contributed by atoms with E-state index in [1.165, 1.54) is 14.2 Å². The Morgan fingerprint density at radius 1 is 1.32 bits per heavy atom. The van der Waals surface area contributed by atoms with Crippen molar-refractivity contribution in [3.8, 4) is 5.75 Å². The Labute approximate surface area is 177 Å². The van der Waals surface area contributed by atoms with Crippen molar-refractivity contribution in [2.24, 2.45) is 0 Å². The number of methoxy groups -OCH3 is 1. The second-order valence-corrected chi connectivity index (χ2v) is 7.58. The first-order valence-corrected chi connectivity index (χ1v) is 9.54. The molecule has 1 aromatic carbocycles. The van der Waals surface area contributed by atoms with Crippen molar-refractivity contribution in [2.45, 2.75) is 25.6 Å². The average Bonchev–Trinajstić information content (AvgIpc) is 2.71. The van der Waals surface area contributed by atoms with E-state index in [1.54, 1.807) is 23.1 Å². The maximum atomic E-state index is 13.0. The number of hydrogen-bond donors (Lipinski definition) is 2. The van der Waals surface area contributed by atoms with Crippen LogP contribution in [0.5, 0.6) is 5.75 Å². The van der Waals surface area contributed by atoms with Crippen LogP contribution in [0.3, 0.4) is 0 Å². The first-order valence-electron chi connectivity index (χ1n) is 9.54. The number of carbonyl (C=O) groups is 1. The number of hydrogen-bond acceptors (Lipinski definition) is 7. The number of amides is 1. The maximum absolute atomic E-state index is 13.0. The molecule has 0 radical (unpaired) electrons. The van der Waals surface area contributed by atoms with E-state index < -0.39 is 17.3 Å². The van der Waals surface area contributed by atoms with Crippen molar-refractivity contribution in [2.75, 3.05) is 44.5 Å². The molecule has 2 aromatic rings. The smallest absolute Gasteiger partial charge is 0.421 e. The van der Waals surface area contributed by atoms with E-state index in [1.807, 2.05) is 13.8 Å². The Hall–Kier alpha value is -3.08. The van der Waals surface area contributed by atoms with Crippen LogP contribution in [-0.2, 0) is 10.9 Å². The lowest BCUT2D eigenvalue weighted by molar-refractivity contribution is -0.137. The molecular formula is C20H24F3N5O3. The zero-order valence-corrected chi connectivity index (χ0v) is 17.6. The number of benzene rings is 1. The molecule has 0 atom stereocenters. The van der Waals surface area contributed by atoms with Gasteiger partial charge in [-0.05, 0) is 32.0 Å². The van der Waals surface area contributed by atoms with Gasteiger partial charge in [-0.3, -0.25) is 4.79 Å². The van der Waals surface area contributed by atoms with E-state index in [2.05, 4.69) is 20.6 Å². The molecule has 0 saturated carbocycles. The summed E-state index contributed by atoms with van der Waals surface area (Å²) in [5.41, 5.74) is -0.570. The highest BCUT2D eigenvalue weighted by atomic mass is 19.4. The van der Waals surface area contributed by atoms with Gasteiger partial charge < -0.3 is 25.0 Å². The predicted molar refractivity (Wildman–Crippen MR) is 109 cm³/mol. The van der Waals surface area contributed by atoms with E-state index in [0.717, 1.165) is 0 Å². The van der Waals surface area contributed by atoms with Crippen molar-refractivity contribution in [3.63, 3.8) is 0 Å². The molecule has 11 heteroatoms. The number of anilines is 3. The summed E-state index contributed by atoms with van der Waals surface area (Å²) in [6.45, 7) is 5.23. The van der Waals surface area contributed by atoms with Gasteiger partial charge in [0.2, 0.25) is 5.95 Å². The molecule has 1 saturated heterocycles. The van der Waals surface area contributed by atoms with Crippen molar-refractivity contribution < 1.29 is 27.4 Å². The summed E-state index contributed by atoms with van der Waals surface area (Å²) in [6.07, 6.45) is -3.88. The predicted octanol–water partition coefficient (Wildman–Crippen LogP) is 3.54. The van der Waals surface area contributed by atoms with E-state index in [9.17, 15) is 18.0 Å². The molecule has 168 valence electrons. The third kappa shape index (κ3) is 5.16. The lowest BCUT2D eigenvalue weighted by Gasteiger charge is -2.38. The molecule has 1 aromatic heterocycles. The van der Waals surface area contributed by atoms with Gasteiger partial charge in [0.05, 0.1) is 25.0 Å². The van der Waals surface area contributed by atoms with Crippen molar-refractivity contribution in [1.82, 2.24) is 14.9 Å². The van der Waals surface area contributed by atoms with Gasteiger partial charge in [0, 0.05) is 31.9 Å². The molecule has 1 aliphatic rings. The first-order chi connectivity index (χ1) is 14.5. The van der Waals surface area contributed by atoms with Gasteiger partial charge >= 0.3 is 6.18 Å². The summed E-state index contributed by atoms with van der Waals surface area (Å²) in [5.74, 6) is -0.243. The third-order valence-corrected chi connectivity index (χ3v) is 4.74. The number of rotatable bonds is 5. The number of carbonyl (C=O) groups excluding carboxylic acids is 1. The topological polar surface area (TPSA) is 88.6 Å². The van der Waals surface area contributed by atoms with E-state index in [0.29, 0.717) is 42.9 Å². The molecule has 2 N–H and O–H groups in total. The molecule has 0 bridgehead atoms. The standard InChI is InChI=1S/C20H24F3N5O3/c1-19(2)11-28(7-8-31-19)17(29)12-5-6-14(15(9-12)30-4)26-18-25-10-13(20(21,22)23)16(24-3)27-18/h5-6,9-10H,7-8,11H2,1-4H3,(H2,24,25,26,27). The number of alkyl halides is 3. The van der Waals surface area contributed by atoms with Crippen LogP contribution in [-0.4, -0.2) is 60.2 Å². The normalized spacial score (nSPS) is 16.0. The Balaban J connectivity index is 1.83. The van der Waals surface area contributed by atoms with Crippen LogP contribution in [0, 0.1) is 0 Å². The average molecular weight is 439 g/mol. The molecule has 1 fully saturated rings. The first kappa shape index (κ1) is 22.6. The zero-order valence-electron chi connectivity index (χ0n) is 17.6. The Morgan fingerprint density at radius 3 is 2.68 bits per heavy atom. The maximum Gasteiger partial charge on any atom is 0.421 e. The summed E-state index contributed by atoms with van der Waals surface area (Å²) in [4.78, 5) is 22.2. The Bertz CT molecular complexity index is 966. The van der Waals surface area contributed by atoms with Crippen LogP contribution in [0.25, 0.3) is 0 Å². The number of nitrogens with zero attached hydrogens (tertiary/aromatic N) is 3. The second kappa shape index (κ2) is 8.58. The van der Waals surface area contributed by atoms with Gasteiger partial charge in [-0.25, -0.2) is 4.98 Å². The van der Waals surface area contributed by atoms with Crippen molar-refractivity contribution in [3.05, 3.63) is 35.5 Å². The Kier molecular flexibility index (Phi) is 6.25. The zero-order chi connectivity index (χ0) is 22.8. The fraction of sp³-hybridized carbons (Fsp3) is 0.450. The van der Waals surface area contributed by atoms with Crippen LogP contribution in [0.1, 0.15) is 29.8 Å². The minimum atomic E-state index is -4.58. The monoisotopic (exact) mass is 439 g/mol. The fourth-order valence-electron chi connectivity index (χ4n) is 3.26. The molecule has 0 aliphatic carbocycles. The van der Waals surface area contributed by atoms with Crippen LogP contribution < -0.4 is 15.4 Å². The highest BCUT2D eigenvalue weighted by Crippen LogP contribution is 2.35. The van der Waals surface area contributed by atoms with E-state index in [-0.39, 0.29) is 17.7 Å². The van der Waals surface area contributed by atoms with Crippen LogP contribution >= 0.6 is 0 Å². The number of nitrogens with one attached hydrogen (secondary N) is 2. The van der Waals surface area contributed by atoms with E-state index in [4.69, 9.17) is 9.47 Å². The fourth-order valence-corrected chi connectivity index (χ4v) is 3.26. The number of ether oxygens (including phenoxy) is 2.